The van der Waals surface area contributed by atoms with E-state index in [1.807, 2.05) is 0 Å². The first-order valence-electron chi connectivity index (χ1n) is 20.0. The van der Waals surface area contributed by atoms with Crippen molar-refractivity contribution in [2.45, 2.75) is 174 Å². The average molecular weight is 706 g/mol. The topological polar surface area (TPSA) is 102 Å². The second kappa shape index (κ2) is 33.7. The Labute approximate surface area is 306 Å². The molecule has 0 bridgehead atoms. The maximum absolute atomic E-state index is 12.6. The van der Waals surface area contributed by atoms with Crippen LogP contribution in [0.5, 0.6) is 0 Å². The van der Waals surface area contributed by atoms with Crippen molar-refractivity contribution in [3.63, 3.8) is 0 Å². The van der Waals surface area contributed by atoms with Crippen LogP contribution in [0.3, 0.4) is 0 Å². The van der Waals surface area contributed by atoms with Gasteiger partial charge in [0, 0.05) is 19.3 Å². The predicted octanol–water partition coefficient (Wildman–Crippen LogP) is 8.96. The summed E-state index contributed by atoms with van der Waals surface area (Å²) in [6, 6.07) is -0.730. The lowest BCUT2D eigenvalue weighted by atomic mass is 10.0. The Hall–Kier alpha value is -2.45. The SMILES string of the molecule is CC/C=C/C/C=C/C/C=C/CCCCC(=O)OC(COCCC(C(=O)[O-])[N+](C)(C)C)COC(=O)CCCCCCCCCCCCCCCC. The van der Waals surface area contributed by atoms with Crippen molar-refractivity contribution >= 4 is 17.9 Å². The standard InChI is InChI=1S/C42H75NO7/c1-6-8-10-12-14-16-18-20-21-23-24-26-28-30-32-40(44)49-37-38(36-48-35-34-39(42(46)47)43(3,4)5)50-41(45)33-31-29-27-25-22-19-17-15-13-11-9-7-2/h9,11,15,17,22,25,38-39H,6-8,10,12-14,16,18-21,23-24,26-37H2,1-5H3/b11-9+,17-15+,25-22+. The number of quaternary nitrogens is 1. The third-order valence-electron chi connectivity index (χ3n) is 8.79. The Kier molecular flexibility index (Phi) is 32.0. The van der Waals surface area contributed by atoms with Gasteiger partial charge in [-0.25, -0.2) is 0 Å². The summed E-state index contributed by atoms with van der Waals surface area (Å²) in [5.74, 6) is -1.79. The lowest BCUT2D eigenvalue weighted by molar-refractivity contribution is -0.889. The van der Waals surface area contributed by atoms with Crippen LogP contribution in [0.2, 0.25) is 0 Å². The van der Waals surface area contributed by atoms with Gasteiger partial charge in [0.05, 0.1) is 40.3 Å². The largest absolute Gasteiger partial charge is 0.544 e. The lowest BCUT2D eigenvalue weighted by Crippen LogP contribution is -2.55. The van der Waals surface area contributed by atoms with Gasteiger partial charge in [0.2, 0.25) is 0 Å². The quantitative estimate of drug-likeness (QED) is 0.0281. The van der Waals surface area contributed by atoms with Crippen LogP contribution in [0.15, 0.2) is 36.5 Å². The van der Waals surface area contributed by atoms with Crippen LogP contribution < -0.4 is 5.11 Å². The van der Waals surface area contributed by atoms with Crippen molar-refractivity contribution in [3.8, 4) is 0 Å². The molecular weight excluding hydrogens is 630 g/mol. The molecule has 0 N–H and O–H groups in total. The maximum Gasteiger partial charge on any atom is 0.306 e. The van der Waals surface area contributed by atoms with Gasteiger partial charge in [0.15, 0.2) is 6.10 Å². The van der Waals surface area contributed by atoms with Crippen molar-refractivity contribution in [1.29, 1.82) is 0 Å². The maximum atomic E-state index is 12.6. The van der Waals surface area contributed by atoms with Gasteiger partial charge in [0.1, 0.15) is 12.6 Å². The fourth-order valence-electron chi connectivity index (χ4n) is 5.67. The molecule has 0 aromatic heterocycles. The summed E-state index contributed by atoms with van der Waals surface area (Å²) in [4.78, 5) is 36.7. The van der Waals surface area contributed by atoms with Crippen LogP contribution in [0, 0.1) is 0 Å². The number of carbonyl (C=O) groups excluding carboxylic acids is 3. The van der Waals surface area contributed by atoms with Crippen molar-refractivity contribution in [2.75, 3.05) is 41.0 Å². The molecule has 0 saturated heterocycles. The Bertz CT molecular complexity index is 922. The van der Waals surface area contributed by atoms with Crippen molar-refractivity contribution in [1.82, 2.24) is 0 Å². The van der Waals surface area contributed by atoms with E-state index >= 15 is 0 Å². The fraction of sp³-hybridized carbons (Fsp3) is 0.786. The summed E-state index contributed by atoms with van der Waals surface area (Å²) in [7, 11) is 5.38. The highest BCUT2D eigenvalue weighted by molar-refractivity contribution is 5.70. The molecule has 0 amide bonds. The number of aliphatic carboxylic acids is 1. The normalized spacial score (nSPS) is 13.4. The number of ether oxygens (including phenoxy) is 3. The molecule has 0 aromatic rings. The lowest BCUT2D eigenvalue weighted by Gasteiger charge is -2.34. The first-order chi connectivity index (χ1) is 24.1. The molecular formula is C42H75NO7. The minimum atomic E-state index is -1.13. The highest BCUT2D eigenvalue weighted by atomic mass is 16.6. The Morgan fingerprint density at radius 3 is 1.66 bits per heavy atom. The Balaban J connectivity index is 4.43. The number of rotatable bonds is 35. The highest BCUT2D eigenvalue weighted by Crippen LogP contribution is 2.14. The van der Waals surface area contributed by atoms with E-state index < -0.39 is 18.1 Å². The predicted molar refractivity (Wildman–Crippen MR) is 203 cm³/mol. The third-order valence-corrected chi connectivity index (χ3v) is 8.79. The van der Waals surface area contributed by atoms with Gasteiger partial charge in [-0.2, -0.15) is 0 Å². The molecule has 2 atom stereocenters. The number of hydrogen-bond acceptors (Lipinski definition) is 7. The minimum Gasteiger partial charge on any atom is -0.544 e. The van der Waals surface area contributed by atoms with E-state index in [0.717, 1.165) is 51.4 Å². The molecule has 8 nitrogen and oxygen atoms in total. The number of carbonyl (C=O) groups is 3. The van der Waals surface area contributed by atoms with Crippen LogP contribution in [0.1, 0.15) is 162 Å². The molecule has 290 valence electrons. The van der Waals surface area contributed by atoms with Gasteiger partial charge < -0.3 is 28.6 Å². The summed E-state index contributed by atoms with van der Waals surface area (Å²) in [5, 5.41) is 11.6. The van der Waals surface area contributed by atoms with E-state index in [2.05, 4.69) is 50.3 Å². The molecule has 0 fully saturated rings. The minimum absolute atomic E-state index is 0.0271. The number of hydrogen-bond donors (Lipinski definition) is 0. The summed E-state index contributed by atoms with van der Waals surface area (Å²) in [5.41, 5.74) is 0. The molecule has 0 aliphatic rings. The molecule has 0 rings (SSSR count). The van der Waals surface area contributed by atoms with E-state index in [1.54, 1.807) is 21.1 Å². The Morgan fingerprint density at radius 2 is 1.12 bits per heavy atom. The van der Waals surface area contributed by atoms with E-state index in [9.17, 15) is 19.5 Å². The molecule has 0 radical (unpaired) electrons. The first-order valence-corrected chi connectivity index (χ1v) is 20.0. The van der Waals surface area contributed by atoms with Crippen LogP contribution in [-0.2, 0) is 28.6 Å². The number of carboxylic acids is 1. The second-order valence-electron chi connectivity index (χ2n) is 14.5. The van der Waals surface area contributed by atoms with Gasteiger partial charge in [-0.15, -0.1) is 0 Å². The van der Waals surface area contributed by atoms with Crippen LogP contribution in [0.4, 0.5) is 0 Å². The van der Waals surface area contributed by atoms with Gasteiger partial charge in [-0.3, -0.25) is 9.59 Å². The zero-order valence-electron chi connectivity index (χ0n) is 32.8. The Morgan fingerprint density at radius 1 is 0.620 bits per heavy atom. The average Bonchev–Trinajstić information content (AvgIpc) is 3.06. The monoisotopic (exact) mass is 706 g/mol. The van der Waals surface area contributed by atoms with Gasteiger partial charge >= 0.3 is 11.9 Å². The van der Waals surface area contributed by atoms with E-state index in [1.165, 1.54) is 70.6 Å². The number of allylic oxidation sites excluding steroid dienone is 6. The summed E-state index contributed by atoms with van der Waals surface area (Å²) in [6.45, 7) is 4.49. The fourth-order valence-corrected chi connectivity index (χ4v) is 5.67. The molecule has 0 spiro atoms. The molecule has 8 heteroatoms. The molecule has 0 aromatic carbocycles. The second-order valence-corrected chi connectivity index (χ2v) is 14.5. The van der Waals surface area contributed by atoms with Crippen molar-refractivity contribution in [2.24, 2.45) is 0 Å². The zero-order chi connectivity index (χ0) is 37.1. The van der Waals surface area contributed by atoms with Crippen molar-refractivity contribution < 1.29 is 38.2 Å². The number of esters is 2. The molecule has 0 heterocycles. The number of unbranched alkanes of at least 4 members (excludes halogenated alkanes) is 15. The summed E-state index contributed by atoms with van der Waals surface area (Å²) < 4.78 is 17.1. The number of nitrogens with zero attached hydrogens (tertiary/aromatic N) is 1. The van der Waals surface area contributed by atoms with Crippen LogP contribution in [0.25, 0.3) is 0 Å². The first kappa shape index (κ1) is 47.5. The molecule has 50 heavy (non-hydrogen) atoms. The molecule has 0 aliphatic carbocycles. The van der Waals surface area contributed by atoms with Crippen molar-refractivity contribution in [3.05, 3.63) is 36.5 Å². The van der Waals surface area contributed by atoms with Crippen LogP contribution in [-0.4, -0.2) is 75.5 Å². The summed E-state index contributed by atoms with van der Waals surface area (Å²) in [6.07, 6.45) is 36.0. The summed E-state index contributed by atoms with van der Waals surface area (Å²) >= 11 is 0. The van der Waals surface area contributed by atoms with Gasteiger partial charge in [-0.05, 0) is 44.9 Å². The van der Waals surface area contributed by atoms with E-state index in [-0.39, 0.29) is 49.1 Å². The molecule has 0 aliphatic heterocycles. The van der Waals surface area contributed by atoms with Gasteiger partial charge in [-0.1, -0.05) is 134 Å². The number of likely N-dealkylation sites (N-methyl/N-ethyl adjacent to an activating group) is 1. The number of carboxylic acid groups (broad SMARTS) is 1. The molecule has 2 unspecified atom stereocenters. The van der Waals surface area contributed by atoms with Gasteiger partial charge in [0.25, 0.3) is 0 Å². The third kappa shape index (κ3) is 31.5. The smallest absolute Gasteiger partial charge is 0.306 e. The molecule has 0 saturated carbocycles. The highest BCUT2D eigenvalue weighted by Gasteiger charge is 2.25. The van der Waals surface area contributed by atoms with E-state index in [0.29, 0.717) is 12.8 Å². The van der Waals surface area contributed by atoms with Crippen LogP contribution >= 0.6 is 0 Å². The van der Waals surface area contributed by atoms with E-state index in [4.69, 9.17) is 14.2 Å². The zero-order valence-corrected chi connectivity index (χ0v) is 32.8.